The molecule has 0 aliphatic rings. The summed E-state index contributed by atoms with van der Waals surface area (Å²) in [6.45, 7) is 1.34. The molecule has 0 saturated carbocycles. The summed E-state index contributed by atoms with van der Waals surface area (Å²) in [4.78, 5) is 24.0. The minimum atomic E-state index is -1.18. The lowest BCUT2D eigenvalue weighted by molar-refractivity contribution is -0.123. The lowest BCUT2D eigenvalue weighted by Crippen LogP contribution is -2.30. The number of carbonyl (C=O) groups excluding carboxylic acids is 2. The van der Waals surface area contributed by atoms with Gasteiger partial charge in [-0.2, -0.15) is 5.26 Å². The summed E-state index contributed by atoms with van der Waals surface area (Å²) >= 11 is 11.5. The molecule has 128 valence electrons. The molecule has 5 nitrogen and oxygen atoms in total. The van der Waals surface area contributed by atoms with Crippen molar-refractivity contribution in [2.24, 2.45) is 0 Å². The molecule has 2 rings (SSSR count). The van der Waals surface area contributed by atoms with E-state index < -0.39 is 23.8 Å². The van der Waals surface area contributed by atoms with Crippen molar-refractivity contribution >= 4 is 40.8 Å². The van der Waals surface area contributed by atoms with Crippen molar-refractivity contribution < 1.29 is 18.7 Å². The Labute approximate surface area is 152 Å². The Morgan fingerprint density at radius 3 is 2.56 bits per heavy atom. The molecule has 0 aliphatic carbocycles. The quantitative estimate of drug-likeness (QED) is 0.806. The second kappa shape index (κ2) is 7.97. The average molecular weight is 381 g/mol. The van der Waals surface area contributed by atoms with E-state index in [2.05, 4.69) is 5.32 Å². The van der Waals surface area contributed by atoms with Crippen LogP contribution in [0.25, 0.3) is 0 Å². The van der Waals surface area contributed by atoms with Gasteiger partial charge in [-0.3, -0.25) is 4.79 Å². The Morgan fingerprint density at radius 2 is 1.96 bits per heavy atom. The zero-order chi connectivity index (χ0) is 18.6. The van der Waals surface area contributed by atoms with Gasteiger partial charge in [-0.05, 0) is 43.3 Å². The molecule has 0 radical (unpaired) electrons. The third-order valence-electron chi connectivity index (χ3n) is 3.16. The summed E-state index contributed by atoms with van der Waals surface area (Å²) in [6, 6.07) is 9.69. The van der Waals surface area contributed by atoms with Gasteiger partial charge in [0.05, 0.1) is 16.1 Å². The summed E-state index contributed by atoms with van der Waals surface area (Å²) in [7, 11) is 0. The van der Waals surface area contributed by atoms with E-state index in [0.717, 1.165) is 6.07 Å². The van der Waals surface area contributed by atoms with Gasteiger partial charge in [-0.1, -0.05) is 23.2 Å². The molecule has 1 atom stereocenters. The van der Waals surface area contributed by atoms with Crippen LogP contribution in [-0.2, 0) is 9.53 Å². The molecule has 1 N–H and O–H groups in total. The molecule has 0 bridgehead atoms. The lowest BCUT2D eigenvalue weighted by atomic mass is 10.2. The lowest BCUT2D eigenvalue weighted by Gasteiger charge is -2.14. The molecule has 8 heteroatoms. The van der Waals surface area contributed by atoms with E-state index in [1.165, 1.54) is 37.3 Å². The van der Waals surface area contributed by atoms with Crippen LogP contribution in [0.1, 0.15) is 22.8 Å². The third-order valence-corrected chi connectivity index (χ3v) is 3.71. The van der Waals surface area contributed by atoms with Crippen LogP contribution in [0.15, 0.2) is 36.4 Å². The number of amides is 1. The number of hydrogen-bond acceptors (Lipinski definition) is 4. The van der Waals surface area contributed by atoms with E-state index in [0.29, 0.717) is 5.69 Å². The Bertz CT molecular complexity index is 881. The summed E-state index contributed by atoms with van der Waals surface area (Å²) in [5, 5.41) is 11.6. The Kier molecular flexibility index (Phi) is 5.97. The number of esters is 1. The number of ether oxygens (including phenoxy) is 1. The number of rotatable bonds is 4. The van der Waals surface area contributed by atoms with Gasteiger partial charge in [0.1, 0.15) is 11.9 Å². The zero-order valence-corrected chi connectivity index (χ0v) is 14.4. The highest BCUT2D eigenvalue weighted by molar-refractivity contribution is 6.32. The molecule has 2 aromatic rings. The van der Waals surface area contributed by atoms with Crippen LogP contribution in [0.3, 0.4) is 0 Å². The smallest absolute Gasteiger partial charge is 0.341 e. The highest BCUT2D eigenvalue weighted by Crippen LogP contribution is 2.21. The predicted octanol–water partition coefficient (Wildman–Crippen LogP) is 4.19. The van der Waals surface area contributed by atoms with Crippen LogP contribution < -0.4 is 5.32 Å². The number of halogens is 3. The van der Waals surface area contributed by atoms with Crippen LogP contribution >= 0.6 is 23.2 Å². The fourth-order valence-corrected chi connectivity index (χ4v) is 2.24. The molecule has 0 fully saturated rings. The van der Waals surface area contributed by atoms with Crippen LogP contribution in [0.5, 0.6) is 0 Å². The highest BCUT2D eigenvalue weighted by Gasteiger charge is 2.21. The van der Waals surface area contributed by atoms with Gasteiger partial charge in [-0.15, -0.1) is 0 Å². The van der Waals surface area contributed by atoms with Gasteiger partial charge in [0.15, 0.2) is 6.10 Å². The SMILES string of the molecule is C[C@H](OC(=O)c1ccc(Cl)cc1F)C(=O)Nc1ccc(C#N)c(Cl)c1. The van der Waals surface area contributed by atoms with Crippen molar-refractivity contribution in [2.75, 3.05) is 5.32 Å². The maximum atomic E-state index is 13.7. The summed E-state index contributed by atoms with van der Waals surface area (Å²) in [5.74, 6) is -2.47. The Morgan fingerprint density at radius 1 is 1.24 bits per heavy atom. The first-order chi connectivity index (χ1) is 11.8. The van der Waals surface area contributed by atoms with Crippen molar-refractivity contribution in [1.29, 1.82) is 5.26 Å². The molecule has 0 saturated heterocycles. The van der Waals surface area contributed by atoms with Crippen LogP contribution in [0.4, 0.5) is 10.1 Å². The van der Waals surface area contributed by atoms with Crippen molar-refractivity contribution in [1.82, 2.24) is 0 Å². The van der Waals surface area contributed by atoms with Gasteiger partial charge in [-0.25, -0.2) is 9.18 Å². The molecule has 2 aromatic carbocycles. The van der Waals surface area contributed by atoms with Crippen molar-refractivity contribution in [3.8, 4) is 6.07 Å². The minimum Gasteiger partial charge on any atom is -0.449 e. The highest BCUT2D eigenvalue weighted by atomic mass is 35.5. The van der Waals surface area contributed by atoms with E-state index >= 15 is 0 Å². The predicted molar refractivity (Wildman–Crippen MR) is 91.1 cm³/mol. The molecule has 0 aliphatic heterocycles. The third kappa shape index (κ3) is 4.69. The summed E-state index contributed by atoms with van der Waals surface area (Å²) in [5.41, 5.74) is 0.261. The number of nitriles is 1. The molecule has 0 spiro atoms. The monoisotopic (exact) mass is 380 g/mol. The van der Waals surface area contributed by atoms with Crippen LogP contribution in [0, 0.1) is 17.1 Å². The minimum absolute atomic E-state index is 0.137. The van der Waals surface area contributed by atoms with Crippen molar-refractivity contribution in [2.45, 2.75) is 13.0 Å². The number of nitrogens with one attached hydrogen (secondary N) is 1. The van der Waals surface area contributed by atoms with Crippen molar-refractivity contribution in [3.63, 3.8) is 0 Å². The second-order valence-electron chi connectivity index (χ2n) is 4.97. The van der Waals surface area contributed by atoms with E-state index in [1.807, 2.05) is 6.07 Å². The molecular weight excluding hydrogens is 370 g/mol. The van der Waals surface area contributed by atoms with Gasteiger partial charge in [0.25, 0.3) is 5.91 Å². The number of nitrogens with zero attached hydrogens (tertiary/aromatic N) is 1. The normalized spacial score (nSPS) is 11.3. The number of hydrogen-bond donors (Lipinski definition) is 1. The van der Waals surface area contributed by atoms with E-state index in [9.17, 15) is 14.0 Å². The number of carbonyl (C=O) groups is 2. The van der Waals surface area contributed by atoms with E-state index in [-0.39, 0.29) is 21.2 Å². The second-order valence-corrected chi connectivity index (χ2v) is 5.81. The standard InChI is InChI=1S/C17H11Cl2FN2O3/c1-9(25-17(24)13-5-3-11(18)6-15(13)20)16(23)22-12-4-2-10(8-21)14(19)7-12/h2-7,9H,1H3,(H,22,23)/t9-/m0/s1. The fraction of sp³-hybridized carbons (Fsp3) is 0.118. The molecule has 25 heavy (non-hydrogen) atoms. The fourth-order valence-electron chi connectivity index (χ4n) is 1.86. The molecule has 1 amide bonds. The largest absolute Gasteiger partial charge is 0.449 e. The molecule has 0 heterocycles. The number of benzene rings is 2. The van der Waals surface area contributed by atoms with E-state index in [4.69, 9.17) is 33.2 Å². The maximum absolute atomic E-state index is 13.7. The Hall–Kier alpha value is -2.62. The Balaban J connectivity index is 2.04. The van der Waals surface area contributed by atoms with Crippen LogP contribution in [-0.4, -0.2) is 18.0 Å². The van der Waals surface area contributed by atoms with Gasteiger partial charge in [0.2, 0.25) is 0 Å². The first-order valence-electron chi connectivity index (χ1n) is 6.98. The molecular formula is C17H11Cl2FN2O3. The first-order valence-corrected chi connectivity index (χ1v) is 7.74. The van der Waals surface area contributed by atoms with Crippen molar-refractivity contribution in [3.05, 3.63) is 63.4 Å². The average Bonchev–Trinajstić information content (AvgIpc) is 2.54. The maximum Gasteiger partial charge on any atom is 0.341 e. The molecule has 0 aromatic heterocycles. The zero-order valence-electron chi connectivity index (χ0n) is 12.8. The summed E-state index contributed by atoms with van der Waals surface area (Å²) < 4.78 is 18.6. The van der Waals surface area contributed by atoms with Gasteiger partial charge < -0.3 is 10.1 Å². The topological polar surface area (TPSA) is 79.2 Å². The molecule has 0 unspecified atom stereocenters. The first kappa shape index (κ1) is 18.7. The summed E-state index contributed by atoms with van der Waals surface area (Å²) in [6.07, 6.45) is -1.18. The van der Waals surface area contributed by atoms with E-state index in [1.54, 1.807) is 0 Å². The van der Waals surface area contributed by atoms with Crippen LogP contribution in [0.2, 0.25) is 10.0 Å². The van der Waals surface area contributed by atoms with Gasteiger partial charge >= 0.3 is 5.97 Å². The van der Waals surface area contributed by atoms with Gasteiger partial charge in [0, 0.05) is 10.7 Å². The number of anilines is 1.